The van der Waals surface area contributed by atoms with Crippen molar-refractivity contribution < 1.29 is 9.13 Å². The third-order valence-electron chi connectivity index (χ3n) is 1.31. The Morgan fingerprint density at radius 2 is 2.17 bits per heavy atom. The second-order valence-electron chi connectivity index (χ2n) is 2.21. The van der Waals surface area contributed by atoms with Crippen molar-refractivity contribution in [2.45, 2.75) is 0 Å². The van der Waals surface area contributed by atoms with E-state index in [4.69, 9.17) is 4.74 Å². The highest BCUT2D eigenvalue weighted by atomic mass is 19.1. The number of methoxy groups -OCH3 is 1. The van der Waals surface area contributed by atoms with Crippen molar-refractivity contribution in [3.63, 3.8) is 0 Å². The molecule has 2 heteroatoms. The lowest BCUT2D eigenvalue weighted by Crippen LogP contribution is -1.84. The van der Waals surface area contributed by atoms with E-state index in [0.29, 0.717) is 12.2 Å². The van der Waals surface area contributed by atoms with Crippen LogP contribution >= 0.6 is 0 Å². The molecule has 0 fully saturated rings. The summed E-state index contributed by atoms with van der Waals surface area (Å²) in [5.41, 5.74) is 0.412. The molecule has 0 bridgehead atoms. The van der Waals surface area contributed by atoms with Crippen LogP contribution in [0.3, 0.4) is 0 Å². The molecular weight excluding hydrogens is 155 g/mol. The molecule has 1 nitrogen and oxygen atoms in total. The predicted molar refractivity (Wildman–Crippen MR) is 45.2 cm³/mol. The molecule has 0 saturated carbocycles. The van der Waals surface area contributed by atoms with Gasteiger partial charge in [0.05, 0.1) is 5.56 Å². The van der Waals surface area contributed by atoms with Gasteiger partial charge in [0.1, 0.15) is 12.4 Å². The lowest BCUT2D eigenvalue weighted by Gasteiger charge is -1.90. The highest BCUT2D eigenvalue weighted by molar-refractivity contribution is 5.35. The van der Waals surface area contributed by atoms with E-state index in [9.17, 15) is 4.39 Å². The first kappa shape index (κ1) is 8.76. The topological polar surface area (TPSA) is 9.23 Å². The second kappa shape index (κ2) is 4.53. The van der Waals surface area contributed by atoms with Gasteiger partial charge in [-0.15, -0.1) is 0 Å². The summed E-state index contributed by atoms with van der Waals surface area (Å²) in [5.74, 6) is 5.05. The molecular formula is C10H9FO. The van der Waals surface area contributed by atoms with E-state index in [1.807, 2.05) is 0 Å². The van der Waals surface area contributed by atoms with Gasteiger partial charge in [-0.3, -0.25) is 0 Å². The Morgan fingerprint density at radius 1 is 1.42 bits per heavy atom. The number of hydrogen-bond donors (Lipinski definition) is 0. The summed E-state index contributed by atoms with van der Waals surface area (Å²) in [6, 6.07) is 6.41. The smallest absolute Gasteiger partial charge is 0.138 e. The van der Waals surface area contributed by atoms with Crippen LogP contribution in [0.4, 0.5) is 4.39 Å². The van der Waals surface area contributed by atoms with Crippen molar-refractivity contribution >= 4 is 0 Å². The monoisotopic (exact) mass is 164 g/mol. The maximum absolute atomic E-state index is 12.9. The number of hydrogen-bond acceptors (Lipinski definition) is 1. The maximum Gasteiger partial charge on any atom is 0.138 e. The lowest BCUT2D eigenvalue weighted by molar-refractivity contribution is 0.240. The second-order valence-corrected chi connectivity index (χ2v) is 2.21. The standard InChI is InChI=1S/C10H9FO/c1-12-8-4-6-9-5-2-3-7-10(9)11/h2-3,5,7H,8H2,1H3. The summed E-state index contributed by atoms with van der Waals surface area (Å²) in [4.78, 5) is 0. The fraction of sp³-hybridized carbons (Fsp3) is 0.200. The fourth-order valence-corrected chi connectivity index (χ4v) is 0.766. The highest BCUT2D eigenvalue weighted by Gasteiger charge is 1.93. The third kappa shape index (κ3) is 2.37. The first-order chi connectivity index (χ1) is 5.84. The molecule has 0 aromatic heterocycles. The highest BCUT2D eigenvalue weighted by Crippen LogP contribution is 2.03. The van der Waals surface area contributed by atoms with Gasteiger partial charge in [-0.25, -0.2) is 4.39 Å². The predicted octanol–water partition coefficient (Wildman–Crippen LogP) is 1.82. The van der Waals surface area contributed by atoms with Gasteiger partial charge in [0.25, 0.3) is 0 Å². The number of ether oxygens (including phenoxy) is 1. The normalized spacial score (nSPS) is 8.83. The van der Waals surface area contributed by atoms with Crippen LogP contribution < -0.4 is 0 Å². The van der Waals surface area contributed by atoms with Gasteiger partial charge >= 0.3 is 0 Å². The van der Waals surface area contributed by atoms with E-state index in [1.165, 1.54) is 6.07 Å². The first-order valence-corrected chi connectivity index (χ1v) is 3.57. The van der Waals surface area contributed by atoms with E-state index in [1.54, 1.807) is 25.3 Å². The molecule has 0 unspecified atom stereocenters. The molecule has 0 radical (unpaired) electrons. The van der Waals surface area contributed by atoms with Crippen molar-refractivity contribution in [3.05, 3.63) is 35.6 Å². The molecule has 1 aromatic carbocycles. The average Bonchev–Trinajstić information content (AvgIpc) is 2.09. The van der Waals surface area contributed by atoms with E-state index >= 15 is 0 Å². The minimum atomic E-state index is -0.291. The Morgan fingerprint density at radius 3 is 2.83 bits per heavy atom. The Balaban J connectivity index is 2.77. The molecule has 0 aliphatic carbocycles. The van der Waals surface area contributed by atoms with Crippen LogP contribution in [-0.4, -0.2) is 13.7 Å². The van der Waals surface area contributed by atoms with Crippen LogP contribution in [0.1, 0.15) is 5.56 Å². The van der Waals surface area contributed by atoms with Crippen molar-refractivity contribution in [2.75, 3.05) is 13.7 Å². The largest absolute Gasteiger partial charge is 0.372 e. The minimum absolute atomic E-state index is 0.291. The molecule has 1 rings (SSSR count). The van der Waals surface area contributed by atoms with Gasteiger partial charge in [-0.1, -0.05) is 24.0 Å². The molecule has 0 atom stereocenters. The summed E-state index contributed by atoms with van der Waals surface area (Å²) in [5, 5.41) is 0. The quantitative estimate of drug-likeness (QED) is 0.575. The Bertz CT molecular complexity index is 309. The van der Waals surface area contributed by atoms with Crippen molar-refractivity contribution in [3.8, 4) is 11.8 Å². The zero-order valence-electron chi connectivity index (χ0n) is 6.80. The summed E-state index contributed by atoms with van der Waals surface area (Å²) in [6.07, 6.45) is 0. The van der Waals surface area contributed by atoms with Crippen LogP contribution in [0.5, 0.6) is 0 Å². The summed E-state index contributed by atoms with van der Waals surface area (Å²) in [7, 11) is 1.55. The van der Waals surface area contributed by atoms with Gasteiger partial charge in [0.15, 0.2) is 0 Å². The summed E-state index contributed by atoms with van der Waals surface area (Å²) < 4.78 is 17.6. The van der Waals surface area contributed by atoms with Gasteiger partial charge in [0, 0.05) is 7.11 Å². The van der Waals surface area contributed by atoms with Gasteiger partial charge in [-0.2, -0.15) is 0 Å². The van der Waals surface area contributed by atoms with E-state index < -0.39 is 0 Å². The summed E-state index contributed by atoms with van der Waals surface area (Å²) >= 11 is 0. The van der Waals surface area contributed by atoms with Gasteiger partial charge in [-0.05, 0) is 12.1 Å². The zero-order valence-corrected chi connectivity index (χ0v) is 6.80. The SMILES string of the molecule is COCC#Cc1ccccc1F. The molecule has 0 aliphatic rings. The Labute approximate surface area is 71.2 Å². The van der Waals surface area contributed by atoms with Crippen LogP contribution in [0.15, 0.2) is 24.3 Å². The fourth-order valence-electron chi connectivity index (χ4n) is 0.766. The molecule has 12 heavy (non-hydrogen) atoms. The Kier molecular flexibility index (Phi) is 3.31. The average molecular weight is 164 g/mol. The first-order valence-electron chi connectivity index (χ1n) is 3.57. The van der Waals surface area contributed by atoms with Crippen molar-refractivity contribution in [1.82, 2.24) is 0 Å². The van der Waals surface area contributed by atoms with Crippen molar-refractivity contribution in [1.29, 1.82) is 0 Å². The van der Waals surface area contributed by atoms with Crippen LogP contribution in [0.25, 0.3) is 0 Å². The molecule has 0 N–H and O–H groups in total. The van der Waals surface area contributed by atoms with Crippen molar-refractivity contribution in [2.24, 2.45) is 0 Å². The van der Waals surface area contributed by atoms with E-state index in [2.05, 4.69) is 11.8 Å². The van der Waals surface area contributed by atoms with E-state index in [-0.39, 0.29) is 5.82 Å². The van der Waals surface area contributed by atoms with E-state index in [0.717, 1.165) is 0 Å². The lowest BCUT2D eigenvalue weighted by atomic mass is 10.2. The minimum Gasteiger partial charge on any atom is -0.372 e. The van der Waals surface area contributed by atoms with Crippen LogP contribution in [0.2, 0.25) is 0 Å². The molecule has 0 heterocycles. The summed E-state index contributed by atoms with van der Waals surface area (Å²) in [6.45, 7) is 0.328. The molecule has 62 valence electrons. The maximum atomic E-state index is 12.9. The molecule has 1 aromatic rings. The Hall–Kier alpha value is -1.33. The number of rotatable bonds is 1. The number of halogens is 1. The van der Waals surface area contributed by atoms with Gasteiger partial charge < -0.3 is 4.74 Å². The van der Waals surface area contributed by atoms with Gasteiger partial charge in [0.2, 0.25) is 0 Å². The van der Waals surface area contributed by atoms with Crippen LogP contribution in [-0.2, 0) is 4.74 Å². The molecule has 0 saturated heterocycles. The molecule has 0 aliphatic heterocycles. The third-order valence-corrected chi connectivity index (χ3v) is 1.31. The molecule has 0 amide bonds. The molecule has 0 spiro atoms. The number of benzene rings is 1. The van der Waals surface area contributed by atoms with Crippen LogP contribution in [0, 0.1) is 17.7 Å². The zero-order chi connectivity index (χ0) is 8.81.